The minimum Gasteiger partial charge on any atom is -0.493 e. The summed E-state index contributed by atoms with van der Waals surface area (Å²) in [6, 6.07) is 24.2. The van der Waals surface area contributed by atoms with Crippen molar-refractivity contribution in [1.82, 2.24) is 10.6 Å². The maximum Gasteiger partial charge on any atom is 0.327 e. The maximum absolute atomic E-state index is 13.7. The van der Waals surface area contributed by atoms with E-state index >= 15 is 0 Å². The van der Waals surface area contributed by atoms with Gasteiger partial charge in [-0.2, -0.15) is 0 Å². The zero-order chi connectivity index (χ0) is 39.1. The molecule has 0 bridgehead atoms. The summed E-state index contributed by atoms with van der Waals surface area (Å²) < 4.78 is 41.1. The SMILES string of the molecule is [2H]CC(C[2H])(c1ccccc1)[C@H](NC(=O)CNC(=O)COc1ccc([C@@H]2[C@@H](SCC(O)c3ccc4c(c3)CCO4)C(=O)N2c2ccc(F)cc2)cc1)C(=O)O. The zero-order valence-electron chi connectivity index (χ0n) is 30.6. The maximum atomic E-state index is 13.7. The van der Waals surface area contributed by atoms with Gasteiger partial charge in [-0.1, -0.05) is 62.3 Å². The quantitative estimate of drug-likeness (QED) is 0.127. The number of thioether (sulfide) groups is 1. The van der Waals surface area contributed by atoms with Gasteiger partial charge in [-0.15, -0.1) is 11.8 Å². The molecule has 0 spiro atoms. The van der Waals surface area contributed by atoms with Gasteiger partial charge >= 0.3 is 5.97 Å². The fourth-order valence-corrected chi connectivity index (χ4v) is 7.57. The number of ether oxygens (including phenoxy) is 2. The number of hydrogen-bond acceptors (Lipinski definition) is 8. The lowest BCUT2D eigenvalue weighted by atomic mass is 9.77. The number of aliphatic hydroxyl groups excluding tert-OH is 1. The second-order valence-electron chi connectivity index (χ2n) is 12.9. The summed E-state index contributed by atoms with van der Waals surface area (Å²) in [7, 11) is 0. The monoisotopic (exact) mass is 743 g/mol. The van der Waals surface area contributed by atoms with E-state index in [0.29, 0.717) is 23.6 Å². The van der Waals surface area contributed by atoms with Crippen LogP contribution in [0, 0.1) is 5.82 Å². The molecule has 1 fully saturated rings. The average Bonchev–Trinajstić information content (AvgIpc) is 3.68. The lowest BCUT2D eigenvalue weighted by Gasteiger charge is -2.47. The van der Waals surface area contributed by atoms with Gasteiger partial charge < -0.3 is 35.2 Å². The average molecular weight is 744 g/mol. The van der Waals surface area contributed by atoms with Crippen molar-refractivity contribution >= 4 is 41.1 Å². The first-order valence-electron chi connectivity index (χ1n) is 18.3. The molecule has 276 valence electrons. The van der Waals surface area contributed by atoms with E-state index in [4.69, 9.17) is 12.2 Å². The number of carbonyl (C=O) groups excluding carboxylic acids is 3. The normalized spacial score (nSPS) is 18.0. The smallest absolute Gasteiger partial charge is 0.327 e. The molecule has 2 aliphatic rings. The van der Waals surface area contributed by atoms with Crippen LogP contribution in [0.1, 0.15) is 50.9 Å². The molecular formula is C40H40FN3O8S. The van der Waals surface area contributed by atoms with Gasteiger partial charge in [0.15, 0.2) is 6.61 Å². The topological polar surface area (TPSA) is 154 Å². The lowest BCUT2D eigenvalue weighted by molar-refractivity contribution is -0.143. The third kappa shape index (κ3) is 8.47. The highest BCUT2D eigenvalue weighted by molar-refractivity contribution is 8.00. The number of rotatable bonds is 15. The van der Waals surface area contributed by atoms with E-state index in [-0.39, 0.29) is 11.7 Å². The molecule has 4 aromatic rings. The number of anilines is 1. The number of amides is 3. The molecule has 4 N–H and O–H groups in total. The van der Waals surface area contributed by atoms with Crippen LogP contribution < -0.4 is 25.0 Å². The van der Waals surface area contributed by atoms with Crippen molar-refractivity contribution in [3.05, 3.63) is 125 Å². The fourth-order valence-electron chi connectivity index (χ4n) is 6.27. The number of carboxylic acid groups (broad SMARTS) is 1. The second kappa shape index (κ2) is 16.1. The number of fused-ring (bicyclic) bond motifs is 1. The first-order chi connectivity index (χ1) is 26.5. The molecule has 0 radical (unpaired) electrons. The van der Waals surface area contributed by atoms with Crippen molar-refractivity contribution in [3.8, 4) is 11.5 Å². The number of halogens is 1. The summed E-state index contributed by atoms with van der Waals surface area (Å²) >= 11 is 1.33. The van der Waals surface area contributed by atoms with Crippen molar-refractivity contribution in [2.24, 2.45) is 0 Å². The molecule has 1 unspecified atom stereocenters. The number of nitrogens with one attached hydrogen (secondary N) is 2. The van der Waals surface area contributed by atoms with E-state index in [1.807, 2.05) is 18.2 Å². The van der Waals surface area contributed by atoms with Crippen LogP contribution in [0.15, 0.2) is 97.1 Å². The summed E-state index contributed by atoms with van der Waals surface area (Å²) in [4.78, 5) is 52.6. The molecule has 1 saturated heterocycles. The molecule has 2 heterocycles. The van der Waals surface area contributed by atoms with E-state index in [1.54, 1.807) is 59.5 Å². The Bertz CT molecular complexity index is 2000. The molecule has 0 aromatic heterocycles. The van der Waals surface area contributed by atoms with Gasteiger partial charge in [-0.05, 0) is 70.8 Å². The Morgan fingerprint density at radius 1 is 1.04 bits per heavy atom. The van der Waals surface area contributed by atoms with Crippen LogP contribution in [-0.4, -0.2) is 70.7 Å². The van der Waals surface area contributed by atoms with Gasteiger partial charge in [-0.25, -0.2) is 9.18 Å². The molecule has 4 aromatic carbocycles. The Balaban J connectivity index is 1.06. The summed E-state index contributed by atoms with van der Waals surface area (Å²) in [5.41, 5.74) is 1.96. The standard InChI is InChI=1S/C40H40FN3O8S/c1-40(2,27-6-4-3-5-7-27)37(39(49)50)43-33(46)21-42-34(47)22-52-30-15-8-24(9-16-30)35-36(38(48)44(35)29-13-11-28(41)12-14-29)53-23-31(45)25-10-17-32-26(20-25)18-19-51-32/h3-17,20,31,35-37,45H,18-19,21-23H2,1-2H3,(H,42,47)(H,43,46)(H,49,50)/t31?,35-,36-,37-/m1/s1/i1D,2D. The number of β-lactam (4-membered cyclic amide) rings is 1. The molecule has 6 rings (SSSR count). The molecular weight excluding hydrogens is 702 g/mol. The van der Waals surface area contributed by atoms with E-state index < -0.39 is 79.4 Å². The predicted molar refractivity (Wildman–Crippen MR) is 197 cm³/mol. The van der Waals surface area contributed by atoms with Gasteiger partial charge in [0, 0.05) is 26.0 Å². The van der Waals surface area contributed by atoms with Crippen LogP contribution in [0.3, 0.4) is 0 Å². The molecule has 13 heteroatoms. The molecule has 0 saturated carbocycles. The van der Waals surface area contributed by atoms with Crippen LogP contribution in [0.5, 0.6) is 11.5 Å². The van der Waals surface area contributed by atoms with E-state index in [2.05, 4.69) is 10.6 Å². The second-order valence-corrected chi connectivity index (χ2v) is 14.0. The minimum absolute atomic E-state index is 0.183. The molecule has 11 nitrogen and oxygen atoms in total. The highest BCUT2D eigenvalue weighted by atomic mass is 32.2. The Kier molecular flexibility index (Phi) is 10.5. The minimum atomic E-state index is -1.59. The summed E-state index contributed by atoms with van der Waals surface area (Å²) in [5.74, 6) is -2.09. The Morgan fingerprint density at radius 2 is 1.77 bits per heavy atom. The summed E-state index contributed by atoms with van der Waals surface area (Å²) in [5, 5.41) is 25.2. The fraction of sp³-hybridized carbons (Fsp3) is 0.300. The van der Waals surface area contributed by atoms with Crippen molar-refractivity contribution < 1.29 is 46.0 Å². The Labute approximate surface area is 313 Å². The summed E-state index contributed by atoms with van der Waals surface area (Å²) in [6.45, 7) is -1.35. The highest BCUT2D eigenvalue weighted by Gasteiger charge is 2.49. The van der Waals surface area contributed by atoms with Crippen molar-refractivity contribution in [2.45, 2.75) is 49.1 Å². The lowest BCUT2D eigenvalue weighted by Crippen LogP contribution is -2.57. The van der Waals surface area contributed by atoms with Crippen LogP contribution in [0.4, 0.5) is 10.1 Å². The summed E-state index contributed by atoms with van der Waals surface area (Å²) in [6.07, 6.45) is -0.0436. The Hall–Kier alpha value is -5.40. The van der Waals surface area contributed by atoms with Crippen molar-refractivity contribution in [2.75, 3.05) is 30.4 Å². The van der Waals surface area contributed by atoms with E-state index in [9.17, 15) is 33.8 Å². The van der Waals surface area contributed by atoms with E-state index in [1.165, 1.54) is 36.0 Å². The van der Waals surface area contributed by atoms with Crippen LogP contribution in [0.2, 0.25) is 0 Å². The first-order valence-corrected chi connectivity index (χ1v) is 17.9. The number of carboxylic acids is 1. The molecule has 2 aliphatic heterocycles. The van der Waals surface area contributed by atoms with Crippen LogP contribution >= 0.6 is 11.8 Å². The van der Waals surface area contributed by atoms with Gasteiger partial charge in [0.05, 0.1) is 25.3 Å². The van der Waals surface area contributed by atoms with Gasteiger partial charge in [0.25, 0.3) is 5.91 Å². The Morgan fingerprint density at radius 3 is 2.47 bits per heavy atom. The highest BCUT2D eigenvalue weighted by Crippen LogP contribution is 2.46. The number of nitrogens with zero attached hydrogens (tertiary/aromatic N) is 1. The number of aliphatic carboxylic acids is 1. The zero-order valence-corrected chi connectivity index (χ0v) is 29.4. The van der Waals surface area contributed by atoms with E-state index in [0.717, 1.165) is 28.9 Å². The number of benzene rings is 4. The number of aliphatic hydroxyl groups is 1. The first kappa shape index (κ1) is 34.7. The molecule has 0 aliphatic carbocycles. The van der Waals surface area contributed by atoms with Crippen LogP contribution in [0.25, 0.3) is 0 Å². The largest absolute Gasteiger partial charge is 0.493 e. The third-order valence-corrected chi connectivity index (χ3v) is 10.5. The van der Waals surface area contributed by atoms with Gasteiger partial charge in [0.1, 0.15) is 28.6 Å². The number of hydrogen-bond donors (Lipinski definition) is 4. The van der Waals surface area contributed by atoms with Crippen molar-refractivity contribution in [1.29, 1.82) is 0 Å². The predicted octanol–water partition coefficient (Wildman–Crippen LogP) is 4.73. The molecule has 3 amide bonds. The van der Waals surface area contributed by atoms with Crippen molar-refractivity contribution in [3.63, 3.8) is 0 Å². The molecule has 4 atom stereocenters. The van der Waals surface area contributed by atoms with Crippen LogP contribution in [-0.2, 0) is 31.0 Å². The third-order valence-electron chi connectivity index (χ3n) is 9.17. The van der Waals surface area contributed by atoms with Gasteiger partial charge in [0.2, 0.25) is 11.8 Å². The van der Waals surface area contributed by atoms with Gasteiger partial charge in [-0.3, -0.25) is 14.4 Å². The number of carbonyl (C=O) groups is 4. The molecule has 53 heavy (non-hydrogen) atoms.